The quantitative estimate of drug-likeness (QED) is 0.401. The summed E-state index contributed by atoms with van der Waals surface area (Å²) < 4.78 is 36.8. The minimum absolute atomic E-state index is 0.00301. The topological polar surface area (TPSA) is 98.3 Å². The molecule has 0 saturated carbocycles. The highest BCUT2D eigenvalue weighted by molar-refractivity contribution is 6.07. The van der Waals surface area contributed by atoms with Crippen LogP contribution in [0.3, 0.4) is 0 Å². The van der Waals surface area contributed by atoms with Crippen LogP contribution in [0.4, 0.5) is 13.6 Å². The van der Waals surface area contributed by atoms with Crippen LogP contribution < -0.4 is 0 Å². The predicted octanol–water partition coefficient (Wildman–Crippen LogP) is 3.49. The van der Waals surface area contributed by atoms with E-state index in [9.17, 15) is 23.5 Å². The Hall–Kier alpha value is -3.28. The Kier molecular flexibility index (Phi) is 6.57. The van der Waals surface area contributed by atoms with Crippen molar-refractivity contribution >= 4 is 18.0 Å². The van der Waals surface area contributed by atoms with Crippen LogP contribution in [0.5, 0.6) is 5.75 Å². The maximum atomic E-state index is 13.8. The molecule has 38 heavy (non-hydrogen) atoms. The number of benzene rings is 1. The standard InChI is InChI=1S/C27H32F2N4O5/c1-26-14-19-18-15-27(37-4,38-24(28)29)10-9-20(18)30-21(19)22(16-7-5-8-17(34)13-16)33(26)25(36)32(23(26)35)12-6-11-31(2)3/h5,7-10,13,22,24,30,34H,6,11-12,14-15H2,1-4H3/t22-,26+,27?/m1/s1. The van der Waals surface area contributed by atoms with E-state index in [1.807, 2.05) is 19.0 Å². The van der Waals surface area contributed by atoms with Crippen LogP contribution in [0.25, 0.3) is 6.08 Å². The van der Waals surface area contributed by atoms with E-state index in [4.69, 9.17) is 9.47 Å². The number of rotatable bonds is 8. The number of aromatic amines is 1. The number of hydrogen-bond donors (Lipinski definition) is 2. The molecule has 0 spiro atoms. The van der Waals surface area contributed by atoms with Crippen molar-refractivity contribution in [3.63, 3.8) is 0 Å². The van der Waals surface area contributed by atoms with Crippen molar-refractivity contribution in [1.29, 1.82) is 0 Å². The maximum Gasteiger partial charge on any atom is 0.347 e. The fraction of sp³-hybridized carbons (Fsp3) is 0.481. The maximum absolute atomic E-state index is 13.8. The number of methoxy groups -OCH3 is 1. The van der Waals surface area contributed by atoms with Gasteiger partial charge in [-0.2, -0.15) is 8.78 Å². The number of carbonyl (C=O) groups excluding carboxylic acids is 2. The number of amides is 3. The number of nitrogens with zero attached hydrogens (tertiary/aromatic N) is 3. The smallest absolute Gasteiger partial charge is 0.347 e. The lowest BCUT2D eigenvalue weighted by atomic mass is 9.79. The number of phenols is 1. The highest BCUT2D eigenvalue weighted by Gasteiger charge is 2.60. The number of fused-ring (bicyclic) bond motifs is 4. The molecule has 2 aliphatic heterocycles. The van der Waals surface area contributed by atoms with Crippen LogP contribution in [0.2, 0.25) is 0 Å². The number of carbonyl (C=O) groups is 2. The zero-order valence-electron chi connectivity index (χ0n) is 21.8. The Bertz CT molecular complexity index is 1290. The highest BCUT2D eigenvalue weighted by Crippen LogP contribution is 2.50. The molecule has 5 rings (SSSR count). The van der Waals surface area contributed by atoms with E-state index >= 15 is 0 Å². The molecule has 1 fully saturated rings. The molecular weight excluding hydrogens is 498 g/mol. The van der Waals surface area contributed by atoms with Gasteiger partial charge < -0.3 is 19.7 Å². The largest absolute Gasteiger partial charge is 0.508 e. The first-order valence-electron chi connectivity index (χ1n) is 12.5. The third-order valence-electron chi connectivity index (χ3n) is 7.75. The van der Waals surface area contributed by atoms with E-state index in [2.05, 4.69) is 4.98 Å². The molecule has 204 valence electrons. The normalized spacial score (nSPS) is 26.4. The summed E-state index contributed by atoms with van der Waals surface area (Å²) in [6.07, 6.45) is 3.90. The lowest BCUT2D eigenvalue weighted by Gasteiger charge is -2.43. The van der Waals surface area contributed by atoms with Crippen molar-refractivity contribution in [2.24, 2.45) is 0 Å². The van der Waals surface area contributed by atoms with E-state index < -0.39 is 30.0 Å². The molecule has 2 aromatic rings. The molecule has 1 aromatic heterocycles. The van der Waals surface area contributed by atoms with Crippen molar-refractivity contribution < 1.29 is 33.0 Å². The van der Waals surface area contributed by atoms with Crippen LogP contribution in [0.15, 0.2) is 30.3 Å². The molecule has 2 N–H and O–H groups in total. The molecule has 3 amide bonds. The number of ether oxygens (including phenoxy) is 2. The second-order valence-corrected chi connectivity index (χ2v) is 10.5. The van der Waals surface area contributed by atoms with Crippen molar-refractivity contribution in [2.75, 3.05) is 34.3 Å². The zero-order chi connectivity index (χ0) is 27.4. The van der Waals surface area contributed by atoms with Crippen molar-refractivity contribution in [3.8, 4) is 5.75 Å². The molecule has 3 aliphatic rings. The van der Waals surface area contributed by atoms with Gasteiger partial charge in [-0.1, -0.05) is 12.1 Å². The van der Waals surface area contributed by atoms with Gasteiger partial charge in [-0.15, -0.1) is 0 Å². The third kappa shape index (κ3) is 4.18. The van der Waals surface area contributed by atoms with Crippen LogP contribution >= 0.6 is 0 Å². The third-order valence-corrected chi connectivity index (χ3v) is 7.75. The molecule has 1 aliphatic carbocycles. The minimum Gasteiger partial charge on any atom is -0.508 e. The van der Waals surface area contributed by atoms with E-state index in [-0.39, 0.29) is 31.0 Å². The summed E-state index contributed by atoms with van der Waals surface area (Å²) >= 11 is 0. The molecular formula is C27H32F2N4O5. The SMILES string of the molecule is COC1(OC(F)F)C=Cc2[nH]c3c(c2C1)C[C@@]1(C)C(=O)N(CCCN(C)C)C(=O)N1[C@@H]3c1cccc(O)c1. The van der Waals surface area contributed by atoms with Gasteiger partial charge in [0.25, 0.3) is 5.91 Å². The summed E-state index contributed by atoms with van der Waals surface area (Å²) in [5.41, 5.74) is 2.21. The predicted molar refractivity (Wildman–Crippen MR) is 135 cm³/mol. The lowest BCUT2D eigenvalue weighted by Crippen LogP contribution is -2.54. The number of aromatic nitrogens is 1. The van der Waals surface area contributed by atoms with Crippen molar-refractivity contribution in [1.82, 2.24) is 19.7 Å². The average Bonchev–Trinajstić information content (AvgIpc) is 3.29. The fourth-order valence-electron chi connectivity index (χ4n) is 5.94. The Morgan fingerprint density at radius 1 is 1.24 bits per heavy atom. The summed E-state index contributed by atoms with van der Waals surface area (Å²) in [6, 6.07) is 5.48. The molecule has 1 saturated heterocycles. The second-order valence-electron chi connectivity index (χ2n) is 10.5. The zero-order valence-corrected chi connectivity index (χ0v) is 21.8. The molecule has 1 unspecified atom stereocenters. The van der Waals surface area contributed by atoms with Crippen molar-refractivity contribution in [2.45, 2.75) is 50.2 Å². The minimum atomic E-state index is -3.05. The first-order valence-corrected chi connectivity index (χ1v) is 12.5. The van der Waals surface area contributed by atoms with Gasteiger partial charge in [0.1, 0.15) is 17.3 Å². The van der Waals surface area contributed by atoms with Gasteiger partial charge in [0.2, 0.25) is 0 Å². The summed E-state index contributed by atoms with van der Waals surface area (Å²) in [6.45, 7) is -0.312. The van der Waals surface area contributed by atoms with Gasteiger partial charge in [0.15, 0.2) is 5.79 Å². The summed E-state index contributed by atoms with van der Waals surface area (Å²) in [7, 11) is 5.16. The number of imide groups is 1. The van der Waals surface area contributed by atoms with Gasteiger partial charge in [0.05, 0.1) is 0 Å². The van der Waals surface area contributed by atoms with Crippen LogP contribution in [0.1, 0.15) is 47.5 Å². The van der Waals surface area contributed by atoms with E-state index in [0.29, 0.717) is 35.5 Å². The Labute approximate surface area is 219 Å². The molecule has 3 atom stereocenters. The number of alkyl halides is 2. The van der Waals surface area contributed by atoms with Gasteiger partial charge in [-0.05, 0) is 75.0 Å². The molecule has 11 heteroatoms. The Morgan fingerprint density at radius 3 is 2.66 bits per heavy atom. The first kappa shape index (κ1) is 26.3. The lowest BCUT2D eigenvalue weighted by molar-refractivity contribution is -0.280. The number of urea groups is 1. The number of aromatic hydroxyl groups is 1. The molecule has 9 nitrogen and oxygen atoms in total. The number of halogens is 2. The Morgan fingerprint density at radius 2 is 2.00 bits per heavy atom. The van der Waals surface area contributed by atoms with E-state index in [1.54, 1.807) is 36.1 Å². The molecule has 0 bridgehead atoms. The Balaban J connectivity index is 1.62. The van der Waals surface area contributed by atoms with E-state index in [1.165, 1.54) is 24.2 Å². The van der Waals surface area contributed by atoms with E-state index in [0.717, 1.165) is 5.56 Å². The molecule has 0 radical (unpaired) electrons. The highest BCUT2D eigenvalue weighted by atomic mass is 19.3. The van der Waals surface area contributed by atoms with Gasteiger partial charge in [-0.3, -0.25) is 19.3 Å². The molecule has 3 heterocycles. The number of nitrogens with one attached hydrogen (secondary N) is 1. The number of hydrogen-bond acceptors (Lipinski definition) is 6. The summed E-state index contributed by atoms with van der Waals surface area (Å²) in [5, 5.41) is 10.3. The second kappa shape index (κ2) is 9.48. The van der Waals surface area contributed by atoms with Crippen LogP contribution in [0, 0.1) is 0 Å². The number of phenolic OH excluding ortho intramolecular Hbond substituents is 1. The first-order chi connectivity index (χ1) is 18.0. The monoisotopic (exact) mass is 530 g/mol. The van der Waals surface area contributed by atoms with Crippen molar-refractivity contribution in [3.05, 3.63) is 58.4 Å². The number of H-pyrrole nitrogens is 1. The fourth-order valence-corrected chi connectivity index (χ4v) is 5.94. The van der Waals surface area contributed by atoms with Crippen LogP contribution in [-0.4, -0.2) is 89.0 Å². The van der Waals surface area contributed by atoms with Gasteiger partial charge in [0, 0.05) is 37.9 Å². The van der Waals surface area contributed by atoms with Gasteiger partial charge >= 0.3 is 12.6 Å². The average molecular weight is 531 g/mol. The summed E-state index contributed by atoms with van der Waals surface area (Å²) in [4.78, 5) is 35.9. The molecule has 1 aromatic carbocycles. The summed E-state index contributed by atoms with van der Waals surface area (Å²) in [5.74, 6) is -1.94. The van der Waals surface area contributed by atoms with Gasteiger partial charge in [-0.25, -0.2) is 4.79 Å². The van der Waals surface area contributed by atoms with Crippen LogP contribution in [-0.2, 0) is 27.1 Å².